The van der Waals surface area contributed by atoms with Crippen LogP contribution in [0, 0.1) is 22.9 Å². The Bertz CT molecular complexity index is 1140. The van der Waals surface area contributed by atoms with E-state index in [1.54, 1.807) is 13.8 Å². The molecule has 10 heteroatoms. The zero-order valence-corrected chi connectivity index (χ0v) is 16.1. The zero-order chi connectivity index (χ0) is 21.8. The van der Waals surface area contributed by atoms with Crippen LogP contribution in [-0.4, -0.2) is 30.0 Å². The van der Waals surface area contributed by atoms with E-state index in [4.69, 9.17) is 13.9 Å². The molecule has 9 nitrogen and oxygen atoms in total. The van der Waals surface area contributed by atoms with Crippen molar-refractivity contribution in [3.63, 3.8) is 0 Å². The summed E-state index contributed by atoms with van der Waals surface area (Å²) in [4.78, 5) is 34.9. The normalized spacial score (nSPS) is 10.6. The van der Waals surface area contributed by atoms with Crippen molar-refractivity contribution in [1.29, 1.82) is 0 Å². The maximum absolute atomic E-state index is 13.4. The van der Waals surface area contributed by atoms with Gasteiger partial charge in [0.25, 0.3) is 11.6 Å². The number of rotatable bonds is 7. The minimum atomic E-state index is -0.916. The maximum Gasteiger partial charge on any atom is 0.375 e. The van der Waals surface area contributed by atoms with Gasteiger partial charge in [-0.3, -0.25) is 14.9 Å². The van der Waals surface area contributed by atoms with Crippen molar-refractivity contribution in [3.05, 3.63) is 63.7 Å². The molecular weight excluding hydrogens is 399 g/mol. The number of furan rings is 1. The van der Waals surface area contributed by atoms with Crippen LogP contribution in [0.4, 0.5) is 15.8 Å². The van der Waals surface area contributed by atoms with Gasteiger partial charge in [-0.1, -0.05) is 0 Å². The van der Waals surface area contributed by atoms with Gasteiger partial charge in [0.2, 0.25) is 5.76 Å². The summed E-state index contributed by atoms with van der Waals surface area (Å²) < 4.78 is 28.9. The molecule has 0 spiro atoms. The number of hydrogen-bond donors (Lipinski definition) is 1. The Morgan fingerprint density at radius 3 is 2.70 bits per heavy atom. The zero-order valence-electron chi connectivity index (χ0n) is 16.1. The fraction of sp³-hybridized carbons (Fsp3) is 0.200. The third-order valence-electron chi connectivity index (χ3n) is 4.17. The van der Waals surface area contributed by atoms with Gasteiger partial charge in [0.1, 0.15) is 22.8 Å². The highest BCUT2D eigenvalue weighted by atomic mass is 19.1. The summed E-state index contributed by atoms with van der Waals surface area (Å²) in [5.41, 5.74) is 0.239. The Hall–Kier alpha value is -3.95. The van der Waals surface area contributed by atoms with Gasteiger partial charge in [0.05, 0.1) is 17.6 Å². The standard InChI is InChI=1S/C20H17FN2O7/c1-3-28-13-5-6-15(16(9-13)23(26)27)22-18(24)10-29-20(25)19-11(2)14-8-12(21)4-7-17(14)30-19/h4-9H,3,10H2,1-2H3,(H,22,24). The third kappa shape index (κ3) is 4.37. The van der Waals surface area contributed by atoms with Crippen molar-refractivity contribution in [2.45, 2.75) is 13.8 Å². The van der Waals surface area contributed by atoms with Crippen molar-refractivity contribution in [3.8, 4) is 5.75 Å². The number of benzene rings is 2. The number of fused-ring (bicyclic) bond motifs is 1. The Labute approximate surface area is 169 Å². The summed E-state index contributed by atoms with van der Waals surface area (Å²) in [7, 11) is 0. The van der Waals surface area contributed by atoms with Crippen molar-refractivity contribution in [1.82, 2.24) is 0 Å². The number of anilines is 1. The molecule has 0 fully saturated rings. The van der Waals surface area contributed by atoms with Gasteiger partial charge in [-0.25, -0.2) is 9.18 Å². The fourth-order valence-corrected chi connectivity index (χ4v) is 2.80. The number of esters is 1. The van der Waals surface area contributed by atoms with E-state index in [0.29, 0.717) is 23.1 Å². The van der Waals surface area contributed by atoms with Crippen molar-refractivity contribution < 1.29 is 32.8 Å². The van der Waals surface area contributed by atoms with Gasteiger partial charge in [0, 0.05) is 10.9 Å². The van der Waals surface area contributed by atoms with Crippen LogP contribution in [0.25, 0.3) is 11.0 Å². The highest BCUT2D eigenvalue weighted by Crippen LogP contribution is 2.29. The highest BCUT2D eigenvalue weighted by molar-refractivity contribution is 5.99. The number of ether oxygens (including phenoxy) is 2. The van der Waals surface area contributed by atoms with Gasteiger partial charge in [-0.05, 0) is 44.2 Å². The third-order valence-corrected chi connectivity index (χ3v) is 4.17. The molecule has 0 unspecified atom stereocenters. The van der Waals surface area contributed by atoms with Gasteiger partial charge < -0.3 is 19.2 Å². The number of hydrogen-bond acceptors (Lipinski definition) is 7. The molecule has 30 heavy (non-hydrogen) atoms. The first-order chi connectivity index (χ1) is 14.3. The molecule has 0 bridgehead atoms. The summed E-state index contributed by atoms with van der Waals surface area (Å²) >= 11 is 0. The number of halogens is 1. The molecule has 1 amide bonds. The molecule has 0 aliphatic heterocycles. The van der Waals surface area contributed by atoms with Gasteiger partial charge in [0.15, 0.2) is 6.61 Å². The van der Waals surface area contributed by atoms with Crippen molar-refractivity contribution in [2.75, 3.05) is 18.5 Å². The minimum Gasteiger partial charge on any atom is -0.494 e. The Morgan fingerprint density at radius 1 is 1.23 bits per heavy atom. The van der Waals surface area contributed by atoms with E-state index in [1.165, 1.54) is 36.4 Å². The monoisotopic (exact) mass is 416 g/mol. The predicted molar refractivity (Wildman–Crippen MR) is 104 cm³/mol. The van der Waals surface area contributed by atoms with Crippen LogP contribution in [0.15, 0.2) is 40.8 Å². The molecule has 0 radical (unpaired) electrons. The van der Waals surface area contributed by atoms with Crippen LogP contribution in [0.5, 0.6) is 5.75 Å². The van der Waals surface area contributed by atoms with E-state index < -0.39 is 29.2 Å². The molecule has 0 saturated heterocycles. The topological polar surface area (TPSA) is 121 Å². The van der Waals surface area contributed by atoms with Crippen LogP contribution >= 0.6 is 0 Å². The maximum atomic E-state index is 13.4. The summed E-state index contributed by atoms with van der Waals surface area (Å²) in [5.74, 6) is -2.06. The van der Waals surface area contributed by atoms with E-state index in [2.05, 4.69) is 5.32 Å². The lowest BCUT2D eigenvalue weighted by atomic mass is 10.1. The van der Waals surface area contributed by atoms with E-state index in [1.807, 2.05) is 0 Å². The number of nitro groups is 1. The molecule has 3 aromatic rings. The first kappa shape index (κ1) is 20.8. The predicted octanol–water partition coefficient (Wildman–Crippen LogP) is 3.98. The highest BCUT2D eigenvalue weighted by Gasteiger charge is 2.22. The summed E-state index contributed by atoms with van der Waals surface area (Å²) in [6.45, 7) is 2.92. The minimum absolute atomic E-state index is 0.0695. The van der Waals surface area contributed by atoms with Crippen molar-refractivity contribution in [2.24, 2.45) is 0 Å². The number of nitrogens with one attached hydrogen (secondary N) is 1. The summed E-state index contributed by atoms with van der Waals surface area (Å²) in [6, 6.07) is 7.77. The van der Waals surface area contributed by atoms with E-state index in [0.717, 1.165) is 0 Å². The number of carbonyl (C=O) groups is 2. The second kappa shape index (κ2) is 8.60. The summed E-state index contributed by atoms with van der Waals surface area (Å²) in [6.07, 6.45) is 0. The van der Waals surface area contributed by atoms with Crippen LogP contribution in [0.1, 0.15) is 23.0 Å². The number of amides is 1. The molecule has 156 valence electrons. The fourth-order valence-electron chi connectivity index (χ4n) is 2.80. The first-order valence-corrected chi connectivity index (χ1v) is 8.87. The molecule has 0 aliphatic rings. The van der Waals surface area contributed by atoms with Gasteiger partial charge >= 0.3 is 5.97 Å². The average Bonchev–Trinajstić information content (AvgIpc) is 3.03. The molecule has 3 rings (SSSR count). The lowest BCUT2D eigenvalue weighted by molar-refractivity contribution is -0.384. The molecular formula is C20H17FN2O7. The largest absolute Gasteiger partial charge is 0.494 e. The summed E-state index contributed by atoms with van der Waals surface area (Å²) in [5, 5.41) is 14.0. The van der Waals surface area contributed by atoms with Gasteiger partial charge in [-0.15, -0.1) is 0 Å². The van der Waals surface area contributed by atoms with E-state index in [-0.39, 0.29) is 22.9 Å². The van der Waals surface area contributed by atoms with Crippen molar-refractivity contribution >= 4 is 34.2 Å². The SMILES string of the molecule is CCOc1ccc(NC(=O)COC(=O)c2oc3ccc(F)cc3c2C)c([N+](=O)[O-])c1. The molecule has 0 atom stereocenters. The van der Waals surface area contributed by atoms with Crippen LogP contribution < -0.4 is 10.1 Å². The quantitative estimate of drug-likeness (QED) is 0.351. The number of nitrogens with zero attached hydrogens (tertiary/aromatic N) is 1. The van der Waals surface area contributed by atoms with Gasteiger partial charge in [-0.2, -0.15) is 0 Å². The van der Waals surface area contributed by atoms with Crippen LogP contribution in [-0.2, 0) is 9.53 Å². The lowest BCUT2D eigenvalue weighted by Crippen LogP contribution is -2.21. The van der Waals surface area contributed by atoms with Crippen LogP contribution in [0.3, 0.4) is 0 Å². The Morgan fingerprint density at radius 2 is 2.00 bits per heavy atom. The molecule has 1 aromatic heterocycles. The van der Waals surface area contributed by atoms with Crippen LogP contribution in [0.2, 0.25) is 0 Å². The molecule has 1 N–H and O–H groups in total. The Kier molecular flexibility index (Phi) is 5.95. The number of carbonyl (C=O) groups excluding carboxylic acids is 2. The average molecular weight is 416 g/mol. The number of aryl methyl sites for hydroxylation is 1. The molecule has 2 aromatic carbocycles. The Balaban J connectivity index is 1.68. The first-order valence-electron chi connectivity index (χ1n) is 8.87. The molecule has 1 heterocycles. The molecule has 0 aliphatic carbocycles. The second-order valence-corrected chi connectivity index (χ2v) is 6.19. The smallest absolute Gasteiger partial charge is 0.375 e. The number of nitro benzene ring substituents is 1. The van der Waals surface area contributed by atoms with E-state index >= 15 is 0 Å². The second-order valence-electron chi connectivity index (χ2n) is 6.19. The lowest BCUT2D eigenvalue weighted by Gasteiger charge is -2.08. The van der Waals surface area contributed by atoms with E-state index in [9.17, 15) is 24.1 Å². The molecule has 0 saturated carbocycles.